The van der Waals surface area contributed by atoms with Gasteiger partial charge in [0.2, 0.25) is 0 Å². The van der Waals surface area contributed by atoms with Gasteiger partial charge in [-0.2, -0.15) is 5.26 Å². The minimum atomic E-state index is -2.70. The van der Waals surface area contributed by atoms with Gasteiger partial charge in [-0.1, -0.05) is 133 Å². The summed E-state index contributed by atoms with van der Waals surface area (Å²) in [7, 11) is -2.70. The van der Waals surface area contributed by atoms with Crippen LogP contribution in [0.15, 0.2) is 170 Å². The van der Waals surface area contributed by atoms with Gasteiger partial charge in [-0.15, -0.1) is 11.3 Å². The Balaban J connectivity index is 1.36. The fourth-order valence-electron chi connectivity index (χ4n) is 7.64. The topological polar surface area (TPSA) is 28.7 Å². The number of para-hydroxylation sites is 1. The summed E-state index contributed by atoms with van der Waals surface area (Å²) in [4.78, 5) is 0. The molecule has 0 aliphatic carbocycles. The Morgan fingerprint density at radius 1 is 0.511 bits per heavy atom. The lowest BCUT2D eigenvalue weighted by atomic mass is 10.1. The molecule has 0 unspecified atom stereocenters. The zero-order valence-electron chi connectivity index (χ0n) is 25.5. The van der Waals surface area contributed by atoms with E-state index in [-0.39, 0.29) is 0 Å². The molecular weight excluding hydrogens is 605 g/mol. The van der Waals surface area contributed by atoms with Crippen molar-refractivity contribution >= 4 is 82.1 Å². The lowest BCUT2D eigenvalue weighted by Crippen LogP contribution is -2.74. The van der Waals surface area contributed by atoms with Gasteiger partial charge in [-0.05, 0) is 57.1 Å². The largest absolute Gasteiger partial charge is 0.309 e. The summed E-state index contributed by atoms with van der Waals surface area (Å²) < 4.78 is 4.93. The zero-order chi connectivity index (χ0) is 31.4. The van der Waals surface area contributed by atoms with Gasteiger partial charge in [0.1, 0.15) is 0 Å². The molecule has 2 nitrogen and oxygen atoms in total. The molecule has 0 spiro atoms. The smallest absolute Gasteiger partial charge is 0.181 e. The normalized spacial score (nSPS) is 11.8. The van der Waals surface area contributed by atoms with Crippen molar-refractivity contribution in [1.29, 1.82) is 5.26 Å². The summed E-state index contributed by atoms with van der Waals surface area (Å²) in [6, 6.07) is 64.1. The molecule has 2 heterocycles. The lowest BCUT2D eigenvalue weighted by Gasteiger charge is -2.34. The Labute approximate surface area is 278 Å². The van der Waals surface area contributed by atoms with Gasteiger partial charge in [0.05, 0.1) is 22.7 Å². The molecule has 0 amide bonds. The Morgan fingerprint density at radius 3 is 1.74 bits per heavy atom. The molecule has 0 aliphatic heterocycles. The molecule has 0 N–H and O–H groups in total. The maximum absolute atomic E-state index is 9.99. The molecule has 0 radical (unpaired) electrons. The van der Waals surface area contributed by atoms with Crippen LogP contribution in [0.4, 0.5) is 0 Å². The number of aromatic nitrogens is 1. The van der Waals surface area contributed by atoms with Gasteiger partial charge in [-0.3, -0.25) is 0 Å². The van der Waals surface area contributed by atoms with Gasteiger partial charge in [0, 0.05) is 36.6 Å². The van der Waals surface area contributed by atoms with Crippen molar-refractivity contribution in [2.75, 3.05) is 0 Å². The highest BCUT2D eigenvalue weighted by Gasteiger charge is 2.42. The van der Waals surface area contributed by atoms with Crippen molar-refractivity contribution in [3.05, 3.63) is 175 Å². The highest BCUT2D eigenvalue weighted by atomic mass is 32.1. The van der Waals surface area contributed by atoms with Gasteiger partial charge in [-0.25, -0.2) is 0 Å². The molecule has 0 saturated carbocycles. The molecule has 0 fully saturated rings. The summed E-state index contributed by atoms with van der Waals surface area (Å²) in [6.07, 6.45) is 0. The van der Waals surface area contributed by atoms with E-state index in [9.17, 15) is 5.26 Å². The van der Waals surface area contributed by atoms with Crippen LogP contribution in [-0.2, 0) is 0 Å². The predicted molar refractivity (Wildman–Crippen MR) is 202 cm³/mol. The van der Waals surface area contributed by atoms with Crippen LogP contribution in [0, 0.1) is 11.3 Å². The molecule has 0 saturated heterocycles. The summed E-state index contributed by atoms with van der Waals surface area (Å²) in [5.41, 5.74) is 3.96. The Hall–Kier alpha value is -5.73. The fourth-order valence-corrected chi connectivity index (χ4v) is 14.2. The number of thiophene rings is 1. The number of rotatable bonds is 5. The van der Waals surface area contributed by atoms with Crippen LogP contribution < -0.4 is 20.7 Å². The van der Waals surface area contributed by atoms with Gasteiger partial charge in [0.15, 0.2) is 8.07 Å². The number of fused-ring (bicyclic) bond motifs is 6. The van der Waals surface area contributed by atoms with E-state index in [1.165, 1.54) is 40.9 Å². The first kappa shape index (κ1) is 27.6. The maximum Gasteiger partial charge on any atom is 0.181 e. The van der Waals surface area contributed by atoms with Gasteiger partial charge < -0.3 is 4.57 Å². The molecule has 2 aromatic heterocycles. The fraction of sp³-hybridized carbons (Fsp3) is 0. The van der Waals surface area contributed by atoms with Crippen LogP contribution in [0.5, 0.6) is 0 Å². The second kappa shape index (κ2) is 11.0. The quantitative estimate of drug-likeness (QED) is 0.138. The van der Waals surface area contributed by atoms with E-state index in [2.05, 4.69) is 168 Å². The van der Waals surface area contributed by atoms with E-state index in [4.69, 9.17) is 0 Å². The molecule has 4 heteroatoms. The second-order valence-corrected chi connectivity index (χ2v) is 16.8. The third-order valence-electron chi connectivity index (χ3n) is 9.58. The van der Waals surface area contributed by atoms with E-state index >= 15 is 0 Å². The van der Waals surface area contributed by atoms with Crippen LogP contribution in [0.2, 0.25) is 0 Å². The predicted octanol–water partition coefficient (Wildman–Crippen LogP) is 8.40. The van der Waals surface area contributed by atoms with Crippen molar-refractivity contribution in [1.82, 2.24) is 4.57 Å². The monoisotopic (exact) mass is 632 g/mol. The highest BCUT2D eigenvalue weighted by molar-refractivity contribution is 7.30. The summed E-state index contributed by atoms with van der Waals surface area (Å²) in [5.74, 6) is 0. The first-order valence-electron chi connectivity index (χ1n) is 15.8. The van der Waals surface area contributed by atoms with E-state index in [1.54, 1.807) is 0 Å². The van der Waals surface area contributed by atoms with Crippen LogP contribution in [0.1, 0.15) is 5.56 Å². The average molecular weight is 633 g/mol. The van der Waals surface area contributed by atoms with E-state index < -0.39 is 8.07 Å². The van der Waals surface area contributed by atoms with Crippen LogP contribution in [0.3, 0.4) is 0 Å². The van der Waals surface area contributed by atoms with Gasteiger partial charge >= 0.3 is 0 Å². The van der Waals surface area contributed by atoms with Crippen molar-refractivity contribution < 1.29 is 0 Å². The second-order valence-electron chi connectivity index (χ2n) is 12.0. The SMILES string of the molecule is N#Cc1cccc2c1c1ccccc1n2-c1ccc2sc3c([Si](c4ccccc4)(c4ccccc4)c4ccccc4)cccc3c2c1. The molecule has 9 rings (SSSR count). The van der Waals surface area contributed by atoms with E-state index in [0.29, 0.717) is 5.56 Å². The third kappa shape index (κ3) is 4.08. The standard InChI is InChI=1S/C43H28N2SSi/c44-29-30-14-12-24-39-42(30)36-21-10-11-23-38(36)45(39)31-26-27-40-37(28-31)35-22-13-25-41(43(35)46-40)47(32-15-4-1-5-16-32,33-17-6-2-7-18-33)34-19-8-3-9-20-34/h1-28H. The van der Waals surface area contributed by atoms with E-state index in [0.717, 1.165) is 27.5 Å². The van der Waals surface area contributed by atoms with Crippen molar-refractivity contribution in [2.45, 2.75) is 0 Å². The summed E-state index contributed by atoms with van der Waals surface area (Å²) in [6.45, 7) is 0. The molecule has 0 aliphatic rings. The van der Waals surface area contributed by atoms with E-state index in [1.807, 2.05) is 23.5 Å². The molecule has 0 atom stereocenters. The van der Waals surface area contributed by atoms with Crippen molar-refractivity contribution in [2.24, 2.45) is 0 Å². The van der Waals surface area contributed by atoms with Crippen molar-refractivity contribution in [3.63, 3.8) is 0 Å². The first-order valence-corrected chi connectivity index (χ1v) is 18.7. The van der Waals surface area contributed by atoms with Crippen LogP contribution >= 0.6 is 11.3 Å². The number of hydrogen-bond donors (Lipinski definition) is 0. The van der Waals surface area contributed by atoms with Crippen molar-refractivity contribution in [3.8, 4) is 11.8 Å². The Kier molecular flexibility index (Phi) is 6.43. The summed E-state index contributed by atoms with van der Waals surface area (Å²) in [5, 5.41) is 20.2. The molecule has 9 aromatic rings. The molecule has 7 aromatic carbocycles. The van der Waals surface area contributed by atoms with Crippen LogP contribution in [-0.4, -0.2) is 12.6 Å². The average Bonchev–Trinajstić information content (AvgIpc) is 3.69. The van der Waals surface area contributed by atoms with Gasteiger partial charge in [0.25, 0.3) is 0 Å². The van der Waals surface area contributed by atoms with Crippen LogP contribution in [0.25, 0.3) is 47.7 Å². The zero-order valence-corrected chi connectivity index (χ0v) is 27.3. The number of nitriles is 1. The molecular formula is C43H28N2SSi. The highest BCUT2D eigenvalue weighted by Crippen LogP contribution is 2.38. The minimum absolute atomic E-state index is 0.702. The molecule has 0 bridgehead atoms. The molecule has 220 valence electrons. The Morgan fingerprint density at radius 2 is 1.09 bits per heavy atom. The lowest BCUT2D eigenvalue weighted by molar-refractivity contribution is 1.19. The number of hydrogen-bond acceptors (Lipinski definition) is 2. The Bertz CT molecular complexity index is 2530. The number of benzene rings is 7. The maximum atomic E-state index is 9.99. The third-order valence-corrected chi connectivity index (χ3v) is 15.8. The summed E-state index contributed by atoms with van der Waals surface area (Å²) >= 11 is 1.90. The number of nitrogens with zero attached hydrogens (tertiary/aromatic N) is 2. The molecule has 47 heavy (non-hydrogen) atoms. The first-order chi connectivity index (χ1) is 23.3. The minimum Gasteiger partial charge on any atom is -0.309 e.